The average molecular weight is 346 g/mol. The Hall–Kier alpha value is -1.81. The van der Waals surface area contributed by atoms with E-state index in [-0.39, 0.29) is 5.91 Å². The third-order valence-corrected chi connectivity index (χ3v) is 4.38. The van der Waals surface area contributed by atoms with Gasteiger partial charge < -0.3 is 9.64 Å². The number of nitrogens with zero attached hydrogens (tertiary/aromatic N) is 1. The van der Waals surface area contributed by atoms with Crippen LogP contribution in [-0.4, -0.2) is 19.6 Å². The molecule has 3 nitrogen and oxygen atoms in total. The van der Waals surface area contributed by atoms with Crippen LogP contribution in [0.3, 0.4) is 0 Å². The molecule has 0 spiro atoms. The van der Waals surface area contributed by atoms with Crippen molar-refractivity contribution in [3.8, 4) is 5.75 Å². The van der Waals surface area contributed by atoms with E-state index in [9.17, 15) is 4.79 Å². The van der Waals surface area contributed by atoms with Crippen LogP contribution >= 0.6 is 15.9 Å². The fourth-order valence-corrected chi connectivity index (χ4v) is 3.33. The maximum Gasteiger partial charge on any atom is 0.231 e. The summed E-state index contributed by atoms with van der Waals surface area (Å²) in [5.41, 5.74) is 3.22. The van der Waals surface area contributed by atoms with Crippen molar-refractivity contribution in [3.05, 3.63) is 58.1 Å². The summed E-state index contributed by atoms with van der Waals surface area (Å²) >= 11 is 3.55. The van der Waals surface area contributed by atoms with Crippen LogP contribution in [0.1, 0.15) is 11.1 Å². The van der Waals surface area contributed by atoms with Gasteiger partial charge in [0.25, 0.3) is 0 Å². The molecule has 0 N–H and O–H groups in total. The van der Waals surface area contributed by atoms with Crippen molar-refractivity contribution in [2.75, 3.05) is 18.6 Å². The summed E-state index contributed by atoms with van der Waals surface area (Å²) in [6.07, 6.45) is 1.30. The predicted octanol–water partition coefficient (Wildman–Crippen LogP) is 3.59. The van der Waals surface area contributed by atoms with E-state index in [1.54, 1.807) is 7.11 Å². The highest BCUT2D eigenvalue weighted by Gasteiger charge is 2.26. The van der Waals surface area contributed by atoms with Gasteiger partial charge in [0.15, 0.2) is 0 Å². The molecule has 2 aromatic rings. The highest BCUT2D eigenvalue weighted by Crippen LogP contribution is 2.35. The molecule has 1 aliphatic rings. The van der Waals surface area contributed by atoms with Gasteiger partial charge in [0.1, 0.15) is 5.75 Å². The standard InChI is InChI=1S/C17H16BrNO2/c1-21-14-6-2-4-12(10-14)11-16(20)19-9-8-13-5-3-7-15(18)17(13)19/h2-7,10H,8-9,11H2,1H3. The topological polar surface area (TPSA) is 29.5 Å². The molecule has 21 heavy (non-hydrogen) atoms. The van der Waals surface area contributed by atoms with Crippen LogP contribution in [0, 0.1) is 0 Å². The molecule has 108 valence electrons. The summed E-state index contributed by atoms with van der Waals surface area (Å²) in [7, 11) is 1.63. The summed E-state index contributed by atoms with van der Waals surface area (Å²) < 4.78 is 6.19. The predicted molar refractivity (Wildman–Crippen MR) is 86.9 cm³/mol. The summed E-state index contributed by atoms with van der Waals surface area (Å²) in [5.74, 6) is 0.900. The molecule has 1 heterocycles. The number of halogens is 1. The minimum atomic E-state index is 0.119. The van der Waals surface area contributed by atoms with E-state index in [4.69, 9.17) is 4.74 Å². The third kappa shape index (κ3) is 2.81. The lowest BCUT2D eigenvalue weighted by atomic mass is 10.1. The molecule has 1 amide bonds. The van der Waals surface area contributed by atoms with Gasteiger partial charge >= 0.3 is 0 Å². The Morgan fingerprint density at radius 1 is 1.29 bits per heavy atom. The van der Waals surface area contributed by atoms with E-state index < -0.39 is 0 Å². The molecule has 3 rings (SSSR count). The number of fused-ring (bicyclic) bond motifs is 1. The first-order valence-corrected chi connectivity index (χ1v) is 7.69. The molecule has 0 bridgehead atoms. The summed E-state index contributed by atoms with van der Waals surface area (Å²) in [6.45, 7) is 0.751. The smallest absolute Gasteiger partial charge is 0.231 e. The van der Waals surface area contributed by atoms with Gasteiger partial charge in [-0.3, -0.25) is 4.79 Å². The van der Waals surface area contributed by atoms with E-state index in [2.05, 4.69) is 22.0 Å². The first kappa shape index (κ1) is 14.1. The van der Waals surface area contributed by atoms with Crippen LogP contribution in [0.4, 0.5) is 5.69 Å². The van der Waals surface area contributed by atoms with Crippen LogP contribution in [0.2, 0.25) is 0 Å². The lowest BCUT2D eigenvalue weighted by Gasteiger charge is -2.19. The van der Waals surface area contributed by atoms with Gasteiger partial charge in [0.2, 0.25) is 5.91 Å². The van der Waals surface area contributed by atoms with Crippen LogP contribution < -0.4 is 9.64 Å². The van der Waals surface area contributed by atoms with E-state index in [1.807, 2.05) is 41.3 Å². The van der Waals surface area contributed by atoms with Crippen molar-refractivity contribution in [3.63, 3.8) is 0 Å². The van der Waals surface area contributed by atoms with Crippen LogP contribution in [-0.2, 0) is 17.6 Å². The number of benzene rings is 2. The Morgan fingerprint density at radius 3 is 2.90 bits per heavy atom. The molecule has 0 saturated carbocycles. The zero-order valence-electron chi connectivity index (χ0n) is 11.8. The van der Waals surface area contributed by atoms with E-state index >= 15 is 0 Å². The number of amides is 1. The highest BCUT2D eigenvalue weighted by atomic mass is 79.9. The first-order chi connectivity index (χ1) is 10.2. The Balaban J connectivity index is 1.82. The quantitative estimate of drug-likeness (QED) is 0.850. The van der Waals surface area contributed by atoms with Crippen molar-refractivity contribution in [1.29, 1.82) is 0 Å². The molecule has 0 saturated heterocycles. The van der Waals surface area contributed by atoms with Crippen LogP contribution in [0.15, 0.2) is 46.9 Å². The van der Waals surface area contributed by atoms with Gasteiger partial charge in [-0.15, -0.1) is 0 Å². The molecule has 0 atom stereocenters. The molecule has 2 aromatic carbocycles. The van der Waals surface area contributed by atoms with Crippen molar-refractivity contribution in [2.45, 2.75) is 12.8 Å². The van der Waals surface area contributed by atoms with Crippen molar-refractivity contribution >= 4 is 27.5 Å². The number of hydrogen-bond acceptors (Lipinski definition) is 2. The normalized spacial score (nSPS) is 13.1. The Bertz CT molecular complexity index is 684. The molecular weight excluding hydrogens is 330 g/mol. The zero-order valence-corrected chi connectivity index (χ0v) is 13.4. The number of carbonyl (C=O) groups excluding carboxylic acids is 1. The number of para-hydroxylation sites is 1. The van der Waals surface area contributed by atoms with Gasteiger partial charge in [-0.05, 0) is 51.7 Å². The van der Waals surface area contributed by atoms with Gasteiger partial charge in [0, 0.05) is 11.0 Å². The highest BCUT2D eigenvalue weighted by molar-refractivity contribution is 9.10. The fourth-order valence-electron chi connectivity index (χ4n) is 2.71. The molecule has 0 unspecified atom stereocenters. The Morgan fingerprint density at radius 2 is 2.10 bits per heavy atom. The maximum atomic E-state index is 12.6. The summed E-state index contributed by atoms with van der Waals surface area (Å²) in [6, 6.07) is 13.7. The molecule has 0 aliphatic carbocycles. The number of carbonyl (C=O) groups is 1. The third-order valence-electron chi connectivity index (χ3n) is 3.74. The van der Waals surface area contributed by atoms with E-state index in [1.165, 1.54) is 5.56 Å². The molecular formula is C17H16BrNO2. The Labute approximate surface area is 132 Å². The zero-order chi connectivity index (χ0) is 14.8. The second-order valence-corrected chi connectivity index (χ2v) is 5.93. The second kappa shape index (κ2) is 5.90. The monoisotopic (exact) mass is 345 g/mol. The minimum Gasteiger partial charge on any atom is -0.497 e. The molecule has 0 radical (unpaired) electrons. The SMILES string of the molecule is COc1cccc(CC(=O)N2CCc3cccc(Br)c32)c1. The summed E-state index contributed by atoms with van der Waals surface area (Å²) in [4.78, 5) is 14.5. The van der Waals surface area contributed by atoms with Crippen molar-refractivity contribution < 1.29 is 9.53 Å². The largest absolute Gasteiger partial charge is 0.497 e. The van der Waals surface area contributed by atoms with Gasteiger partial charge in [-0.25, -0.2) is 0 Å². The van der Waals surface area contributed by atoms with Crippen LogP contribution in [0.25, 0.3) is 0 Å². The number of rotatable bonds is 3. The molecule has 1 aliphatic heterocycles. The number of ether oxygens (including phenoxy) is 1. The first-order valence-electron chi connectivity index (χ1n) is 6.89. The summed E-state index contributed by atoms with van der Waals surface area (Å²) in [5, 5.41) is 0. The van der Waals surface area contributed by atoms with Gasteiger partial charge in [-0.1, -0.05) is 24.3 Å². The van der Waals surface area contributed by atoms with Gasteiger partial charge in [-0.2, -0.15) is 0 Å². The minimum absolute atomic E-state index is 0.119. The lowest BCUT2D eigenvalue weighted by molar-refractivity contribution is -0.117. The Kier molecular flexibility index (Phi) is 3.97. The molecule has 0 fully saturated rings. The van der Waals surface area contributed by atoms with E-state index in [0.29, 0.717) is 6.42 Å². The number of hydrogen-bond donors (Lipinski definition) is 0. The lowest BCUT2D eigenvalue weighted by Crippen LogP contribution is -2.30. The molecule has 0 aromatic heterocycles. The fraction of sp³-hybridized carbons (Fsp3) is 0.235. The van der Waals surface area contributed by atoms with Crippen molar-refractivity contribution in [1.82, 2.24) is 0 Å². The van der Waals surface area contributed by atoms with Crippen molar-refractivity contribution in [2.24, 2.45) is 0 Å². The average Bonchev–Trinajstić information content (AvgIpc) is 2.93. The maximum absolute atomic E-state index is 12.6. The van der Waals surface area contributed by atoms with E-state index in [0.717, 1.165) is 34.4 Å². The number of anilines is 1. The second-order valence-electron chi connectivity index (χ2n) is 5.07. The van der Waals surface area contributed by atoms with Crippen LogP contribution in [0.5, 0.6) is 5.75 Å². The number of methoxy groups -OCH3 is 1. The molecule has 4 heteroatoms. The van der Waals surface area contributed by atoms with Gasteiger partial charge in [0.05, 0.1) is 19.2 Å².